The summed E-state index contributed by atoms with van der Waals surface area (Å²) in [5, 5.41) is 7.05. The molecule has 3 aliphatic carbocycles. The molecule has 2 heterocycles. The lowest BCUT2D eigenvalue weighted by atomic mass is 9.44. The summed E-state index contributed by atoms with van der Waals surface area (Å²) < 4.78 is 99.6. The lowest BCUT2D eigenvalue weighted by molar-refractivity contribution is -0.340. The van der Waals surface area contributed by atoms with Crippen molar-refractivity contribution in [3.8, 4) is 5.75 Å². The van der Waals surface area contributed by atoms with E-state index in [1.165, 1.54) is 17.3 Å². The van der Waals surface area contributed by atoms with Gasteiger partial charge in [0.25, 0.3) is 11.8 Å². The number of rotatable bonds is 7. The predicted octanol–water partition coefficient (Wildman–Crippen LogP) is 3.62. The van der Waals surface area contributed by atoms with Crippen LogP contribution in [0.25, 0.3) is 0 Å². The molecule has 0 unspecified atom stereocenters. The second kappa shape index (κ2) is 8.85. The number of hydrogen-bond acceptors (Lipinski definition) is 5. The van der Waals surface area contributed by atoms with Crippen molar-refractivity contribution in [3.05, 3.63) is 47.5 Å². The van der Waals surface area contributed by atoms with Crippen LogP contribution in [-0.2, 0) is 21.2 Å². The Bertz CT molecular complexity index is 1240. The number of nitrogens with zero attached hydrogens (tertiary/aromatic N) is 3. The number of ether oxygens (including phenoxy) is 2. The molecule has 206 valence electrons. The highest BCUT2D eigenvalue weighted by atomic mass is 19.4. The summed E-state index contributed by atoms with van der Waals surface area (Å²) in [5.41, 5.74) is -2.12. The molecule has 2 aromatic rings. The molecular weight excluding hydrogens is 529 g/mol. The molecule has 1 aromatic carbocycles. The molecule has 1 N–H and O–H groups in total. The van der Waals surface area contributed by atoms with Crippen molar-refractivity contribution in [3.63, 3.8) is 0 Å². The van der Waals surface area contributed by atoms with Gasteiger partial charge in [-0.2, -0.15) is 18.3 Å². The maximum atomic E-state index is 13.7. The number of likely N-dealkylation sites (tertiary alicyclic amines) is 1. The number of halogens is 7. The number of amides is 2. The van der Waals surface area contributed by atoms with Crippen molar-refractivity contribution in [2.75, 3.05) is 19.7 Å². The molecule has 15 heteroatoms. The summed E-state index contributed by atoms with van der Waals surface area (Å²) >= 11 is 0. The Balaban J connectivity index is 1.10. The monoisotopic (exact) mass is 550 g/mol. The van der Waals surface area contributed by atoms with E-state index in [0.29, 0.717) is 31.4 Å². The van der Waals surface area contributed by atoms with Gasteiger partial charge in [0.15, 0.2) is 6.61 Å². The fourth-order valence-corrected chi connectivity index (χ4v) is 5.48. The Morgan fingerprint density at radius 1 is 1.13 bits per heavy atom. The average molecular weight is 550 g/mol. The highest BCUT2D eigenvalue weighted by Gasteiger charge is 2.70. The average Bonchev–Trinajstić information content (AvgIpc) is 3.41. The van der Waals surface area contributed by atoms with Crippen LogP contribution in [0.4, 0.5) is 30.7 Å². The molecule has 1 atom stereocenters. The number of carbonyl (C=O) groups is 2. The van der Waals surface area contributed by atoms with E-state index in [0.717, 1.165) is 6.07 Å². The molecule has 1 aromatic heterocycles. The molecule has 38 heavy (non-hydrogen) atoms. The quantitative estimate of drug-likeness (QED) is 0.533. The topological polar surface area (TPSA) is 85.7 Å². The Morgan fingerprint density at radius 3 is 2.47 bits per heavy atom. The summed E-state index contributed by atoms with van der Waals surface area (Å²) in [6.45, 7) is -0.563. The van der Waals surface area contributed by atoms with Crippen LogP contribution in [0.2, 0.25) is 0 Å². The largest absolute Gasteiger partial charge is 0.522 e. The predicted molar refractivity (Wildman–Crippen MR) is 113 cm³/mol. The normalized spacial score (nSPS) is 26.5. The van der Waals surface area contributed by atoms with Crippen LogP contribution >= 0.6 is 0 Å². The molecule has 8 nitrogen and oxygen atoms in total. The minimum absolute atomic E-state index is 0.0725. The van der Waals surface area contributed by atoms with Crippen LogP contribution in [0, 0.1) is 5.82 Å². The Hall–Kier alpha value is -3.36. The lowest BCUT2D eigenvalue weighted by Crippen LogP contribution is -2.79. The molecule has 1 saturated heterocycles. The van der Waals surface area contributed by atoms with Gasteiger partial charge in [0.05, 0.1) is 29.0 Å². The highest BCUT2D eigenvalue weighted by molar-refractivity contribution is 5.94. The van der Waals surface area contributed by atoms with Crippen LogP contribution in [0.5, 0.6) is 5.75 Å². The highest BCUT2D eigenvalue weighted by Crippen LogP contribution is 2.65. The van der Waals surface area contributed by atoms with Crippen molar-refractivity contribution in [1.82, 2.24) is 20.0 Å². The van der Waals surface area contributed by atoms with Gasteiger partial charge in [-0.25, -0.2) is 4.39 Å². The number of hydrogen-bond donors (Lipinski definition) is 1. The van der Waals surface area contributed by atoms with Gasteiger partial charge in [-0.05, 0) is 37.8 Å². The number of nitrogens with one attached hydrogen (secondary N) is 1. The smallest absolute Gasteiger partial charge is 0.484 e. The minimum Gasteiger partial charge on any atom is -0.484 e. The molecule has 4 aliphatic rings. The first-order valence-corrected chi connectivity index (χ1v) is 11.6. The summed E-state index contributed by atoms with van der Waals surface area (Å²) in [6, 6.07) is 2.03. The fourth-order valence-electron chi connectivity index (χ4n) is 5.48. The first kappa shape index (κ1) is 26.3. The van der Waals surface area contributed by atoms with Crippen LogP contribution in [0.1, 0.15) is 41.6 Å². The van der Waals surface area contributed by atoms with E-state index in [-0.39, 0.29) is 30.8 Å². The lowest BCUT2D eigenvalue weighted by Gasteiger charge is -2.69. The first-order chi connectivity index (χ1) is 17.7. The third-order valence-corrected chi connectivity index (χ3v) is 7.07. The van der Waals surface area contributed by atoms with E-state index in [4.69, 9.17) is 4.74 Å². The molecule has 2 bridgehead atoms. The first-order valence-electron chi connectivity index (χ1n) is 11.6. The van der Waals surface area contributed by atoms with Gasteiger partial charge in [0, 0.05) is 30.9 Å². The van der Waals surface area contributed by atoms with E-state index >= 15 is 0 Å². The number of alkyl halides is 6. The zero-order valence-electron chi connectivity index (χ0n) is 19.5. The van der Waals surface area contributed by atoms with Crippen molar-refractivity contribution >= 4 is 11.8 Å². The van der Waals surface area contributed by atoms with Crippen molar-refractivity contribution in [2.24, 2.45) is 0 Å². The van der Waals surface area contributed by atoms with Gasteiger partial charge in [0.2, 0.25) is 0 Å². The van der Waals surface area contributed by atoms with Crippen molar-refractivity contribution in [1.29, 1.82) is 0 Å². The van der Waals surface area contributed by atoms with Gasteiger partial charge >= 0.3 is 12.5 Å². The third-order valence-electron chi connectivity index (χ3n) is 7.07. The fraction of sp³-hybridized carbons (Fsp3) is 0.522. The van der Waals surface area contributed by atoms with Crippen LogP contribution < -0.4 is 10.1 Å². The van der Waals surface area contributed by atoms with Gasteiger partial charge in [-0.15, -0.1) is 13.2 Å². The second-order valence-corrected chi connectivity index (χ2v) is 9.91. The SMILES string of the molecule is O=C(COc1ccc(C(F)(F)F)c(F)c1)NC12CC(n3cc(C(=O)N4CC[C@H](OC(F)(F)F)C4)cn3)(C1)C2. The zero-order chi connectivity index (χ0) is 27.5. The molecule has 0 spiro atoms. The maximum absolute atomic E-state index is 13.7. The van der Waals surface area contributed by atoms with E-state index in [1.54, 1.807) is 4.68 Å². The molecule has 4 fully saturated rings. The number of carbonyl (C=O) groups excluding carboxylic acids is 2. The van der Waals surface area contributed by atoms with Gasteiger partial charge in [-0.3, -0.25) is 19.0 Å². The molecule has 3 saturated carbocycles. The molecule has 6 rings (SSSR count). The van der Waals surface area contributed by atoms with Gasteiger partial charge < -0.3 is 15.0 Å². The maximum Gasteiger partial charge on any atom is 0.522 e. The second-order valence-electron chi connectivity index (χ2n) is 9.91. The Labute approximate surface area is 210 Å². The van der Waals surface area contributed by atoms with E-state index in [2.05, 4.69) is 15.2 Å². The third kappa shape index (κ3) is 5.02. The Kier molecular flexibility index (Phi) is 6.11. The van der Waals surface area contributed by atoms with Crippen LogP contribution in [0.3, 0.4) is 0 Å². The molecular formula is C23H21F7N4O4. The summed E-state index contributed by atoms with van der Waals surface area (Å²) in [4.78, 5) is 26.3. The van der Waals surface area contributed by atoms with Crippen LogP contribution in [-0.4, -0.2) is 64.2 Å². The molecule has 0 radical (unpaired) electrons. The van der Waals surface area contributed by atoms with Crippen molar-refractivity contribution in [2.45, 2.75) is 55.4 Å². The zero-order valence-corrected chi connectivity index (χ0v) is 19.5. The van der Waals surface area contributed by atoms with E-state index in [9.17, 15) is 40.3 Å². The van der Waals surface area contributed by atoms with E-state index in [1.807, 2.05) is 0 Å². The number of aromatic nitrogens is 2. The van der Waals surface area contributed by atoms with Crippen molar-refractivity contribution < 1.29 is 49.8 Å². The standard InChI is InChI=1S/C23H21F7N4O4/c24-17-5-14(1-2-16(17)22(25,26)27)37-9-18(35)32-20-10-21(11-20,12-20)34-7-13(6-31-34)19(36)33-4-3-15(8-33)38-23(28,29)30/h1-2,5-7,15H,3-4,8-12H2,(H,32,35)/t15-,20?,21?/m0/s1. The minimum atomic E-state index is -4.84. The summed E-state index contributed by atoms with van der Waals surface area (Å²) in [7, 11) is 0. The van der Waals surface area contributed by atoms with Gasteiger partial charge in [-0.1, -0.05) is 0 Å². The molecule has 2 amide bonds. The van der Waals surface area contributed by atoms with Gasteiger partial charge in [0.1, 0.15) is 11.6 Å². The number of benzene rings is 1. The van der Waals surface area contributed by atoms with Crippen LogP contribution in [0.15, 0.2) is 30.6 Å². The molecule has 1 aliphatic heterocycles. The Morgan fingerprint density at radius 2 is 1.84 bits per heavy atom. The summed E-state index contributed by atoms with van der Waals surface area (Å²) in [5.74, 6) is -2.70. The summed E-state index contributed by atoms with van der Waals surface area (Å²) in [6.07, 6.45) is -6.22. The van der Waals surface area contributed by atoms with E-state index < -0.39 is 59.5 Å².